The van der Waals surface area contributed by atoms with Gasteiger partial charge in [-0.2, -0.15) is 0 Å². The Morgan fingerprint density at radius 3 is 1.18 bits per heavy atom. The number of aliphatic imine (C=N–C) groups is 2. The van der Waals surface area contributed by atoms with Gasteiger partial charge in [0.15, 0.2) is 0 Å². The third kappa shape index (κ3) is 6.10. The van der Waals surface area contributed by atoms with Crippen LogP contribution in [0.25, 0.3) is 10.8 Å². The minimum atomic E-state index is 0.194. The summed E-state index contributed by atoms with van der Waals surface area (Å²) in [5, 5.41) is 2.23. The molecule has 1 N–H and O–H groups in total. The molecule has 202 valence electrons. The van der Waals surface area contributed by atoms with E-state index in [1.165, 1.54) is 44.5 Å². The van der Waals surface area contributed by atoms with E-state index < -0.39 is 0 Å². The zero-order valence-corrected chi connectivity index (χ0v) is 26.5. The van der Waals surface area contributed by atoms with Crippen molar-refractivity contribution in [1.29, 1.82) is 0 Å². The minimum absolute atomic E-state index is 0.194. The molecule has 3 nitrogen and oxygen atoms in total. The Morgan fingerprint density at radius 2 is 0.895 bits per heavy atom. The Labute approximate surface area is 242 Å². The van der Waals surface area contributed by atoms with E-state index in [0.717, 1.165) is 45.1 Å². The Morgan fingerprint density at radius 1 is 0.605 bits per heavy atom. The number of aryl methyl sites for hydroxylation is 4. The van der Waals surface area contributed by atoms with Gasteiger partial charge in [0.25, 0.3) is 11.5 Å². The molecule has 4 rings (SSSR count). The van der Waals surface area contributed by atoms with Crippen molar-refractivity contribution in [3.8, 4) is 0 Å². The van der Waals surface area contributed by atoms with Gasteiger partial charge in [-0.05, 0) is 126 Å². The molecule has 0 radical (unpaired) electrons. The quantitative estimate of drug-likeness (QED) is 0.129. The average Bonchev–Trinajstić information content (AvgIpc) is 3.27. The number of fused-ring (bicyclic) bond motifs is 1. The summed E-state index contributed by atoms with van der Waals surface area (Å²) in [7, 11) is 9.53. The standard InChI is InChI=1S/C32H36N2O.2ClH.Fe/c1-17-15-18(2)22(6)29(21(17)5)33-25(9)31-27-13-11-12-14-28(27)32(35-31)26(10)34-30-23(7)19(3)16-20(4)24(30)8;;;/h11-16H,1-10H3;2*1H;/q;;;+2/p-1. The Hall–Kier alpha value is -2.36. The zero-order valence-electron chi connectivity index (χ0n) is 23.9. The van der Waals surface area contributed by atoms with E-state index >= 15 is 0 Å². The Kier molecular flexibility index (Phi) is 10.1. The second kappa shape index (κ2) is 12.7. The van der Waals surface area contributed by atoms with Crippen molar-refractivity contribution in [2.75, 3.05) is 0 Å². The van der Waals surface area contributed by atoms with Gasteiger partial charge in [-0.1, -0.05) is 24.3 Å². The van der Waals surface area contributed by atoms with E-state index in [1.807, 2.05) is 0 Å². The fourth-order valence-corrected chi connectivity index (χ4v) is 4.85. The van der Waals surface area contributed by atoms with E-state index in [4.69, 9.17) is 34.6 Å². The molecule has 1 heterocycles. The van der Waals surface area contributed by atoms with Crippen LogP contribution in [0.1, 0.15) is 69.9 Å². The number of nitrogens with zero attached hydrogens (tertiary/aromatic N) is 2. The second-order valence-corrected chi connectivity index (χ2v) is 11.8. The Balaban J connectivity index is 0.00000127. The molecular weight excluding hydrogens is 555 g/mol. The molecule has 0 aliphatic rings. The molecule has 0 fully saturated rings. The molecule has 0 spiro atoms. The van der Waals surface area contributed by atoms with Gasteiger partial charge in [0, 0.05) is 0 Å². The van der Waals surface area contributed by atoms with Crippen molar-refractivity contribution >= 4 is 53.8 Å². The number of furan rings is 1. The first-order valence-corrected chi connectivity index (χ1v) is 15.6. The third-order valence-corrected chi connectivity index (χ3v) is 7.56. The first kappa shape index (κ1) is 30.2. The molecule has 0 saturated heterocycles. The predicted octanol–water partition coefficient (Wildman–Crippen LogP) is 10.7. The van der Waals surface area contributed by atoms with Gasteiger partial charge in [-0.3, -0.25) is 0 Å². The third-order valence-electron chi connectivity index (χ3n) is 7.56. The van der Waals surface area contributed by atoms with Crippen molar-refractivity contribution < 1.29 is 17.6 Å². The van der Waals surface area contributed by atoms with Crippen LogP contribution < -0.4 is 0 Å². The van der Waals surface area contributed by atoms with E-state index in [0.29, 0.717) is 0 Å². The number of hydrogen-bond donors (Lipinski definition) is 0. The summed E-state index contributed by atoms with van der Waals surface area (Å²) in [5.41, 5.74) is 13.9. The average molecular weight is 592 g/mol. The van der Waals surface area contributed by atoms with Crippen LogP contribution in [-0.4, -0.2) is 11.4 Å². The fraction of sp³-hybridized carbons (Fsp3) is 0.312. The monoisotopic (exact) mass is 591 g/mol. The van der Waals surface area contributed by atoms with Crippen LogP contribution in [0.3, 0.4) is 0 Å². The summed E-state index contributed by atoms with van der Waals surface area (Å²) in [6, 6.07) is 12.9. The molecule has 0 bridgehead atoms. The molecule has 6 heteroatoms. The van der Waals surface area contributed by atoms with Crippen LogP contribution in [0.15, 0.2) is 50.8 Å². The zero-order chi connectivity index (χ0) is 28.3. The van der Waals surface area contributed by atoms with Gasteiger partial charge in [0.2, 0.25) is 0 Å². The van der Waals surface area contributed by atoms with Crippen LogP contribution in [0, 0.1) is 55.4 Å². The SMILES string of the molecule is CC(=Nc1c(C)c(C)cc(C)c1C)c1[oH+]c(C(C)=Nc2c(C)c(C)cc(C)c2C)c2ccccc12.[Cl][Fe][Cl]. The van der Waals surface area contributed by atoms with Gasteiger partial charge in [-0.15, -0.1) is 0 Å². The molecule has 3 aromatic carbocycles. The molecule has 0 atom stereocenters. The van der Waals surface area contributed by atoms with E-state index in [1.54, 1.807) is 0 Å². The van der Waals surface area contributed by atoms with Gasteiger partial charge in [0.1, 0.15) is 11.4 Å². The normalized spacial score (nSPS) is 12.2. The van der Waals surface area contributed by atoms with Crippen LogP contribution in [-0.2, 0) is 13.1 Å². The summed E-state index contributed by atoms with van der Waals surface area (Å²) in [6.45, 7) is 21.4. The molecule has 0 aliphatic heterocycles. The van der Waals surface area contributed by atoms with E-state index in [-0.39, 0.29) is 13.1 Å². The summed E-state index contributed by atoms with van der Waals surface area (Å²) < 4.78 is 5.13. The number of hydrogen-bond acceptors (Lipinski definition) is 2. The topological polar surface area (TPSA) is 37.5 Å². The maximum atomic E-state index is 5.13. The number of benzene rings is 3. The van der Waals surface area contributed by atoms with Crippen molar-refractivity contribution in [2.24, 2.45) is 9.98 Å². The van der Waals surface area contributed by atoms with Gasteiger partial charge < -0.3 is 4.42 Å². The second-order valence-electron chi connectivity index (χ2n) is 10.0. The molecule has 38 heavy (non-hydrogen) atoms. The summed E-state index contributed by atoms with van der Waals surface area (Å²) in [5.74, 6) is 1.86. The van der Waals surface area contributed by atoms with Crippen LogP contribution >= 0.6 is 20.2 Å². The van der Waals surface area contributed by atoms with Crippen LogP contribution in [0.5, 0.6) is 0 Å². The van der Waals surface area contributed by atoms with E-state index in [2.05, 4.69) is 106 Å². The van der Waals surface area contributed by atoms with Crippen LogP contribution in [0.2, 0.25) is 0 Å². The number of rotatable bonds is 4. The van der Waals surface area contributed by atoms with Gasteiger partial charge in [-0.25, -0.2) is 9.98 Å². The van der Waals surface area contributed by atoms with Crippen molar-refractivity contribution in [1.82, 2.24) is 0 Å². The summed E-state index contributed by atoms with van der Waals surface area (Å²) >= 11 is 0.194. The molecular formula is C32H37Cl2FeN2O+. The molecule has 0 unspecified atom stereocenters. The first-order chi connectivity index (χ1) is 17.9. The van der Waals surface area contributed by atoms with E-state index in [9.17, 15) is 0 Å². The Bertz CT molecular complexity index is 1400. The predicted molar refractivity (Wildman–Crippen MR) is 164 cm³/mol. The molecule has 1 aromatic heterocycles. The maximum absolute atomic E-state index is 5.13. The van der Waals surface area contributed by atoms with Gasteiger partial charge >= 0.3 is 33.3 Å². The molecule has 0 saturated carbocycles. The first-order valence-electron chi connectivity index (χ1n) is 12.6. The van der Waals surface area contributed by atoms with Crippen molar-refractivity contribution in [3.05, 3.63) is 92.4 Å². The fourth-order valence-electron chi connectivity index (χ4n) is 4.85. The summed E-state index contributed by atoms with van der Waals surface area (Å²) in [6.07, 6.45) is 0. The molecule has 0 aliphatic carbocycles. The molecule has 0 amide bonds. The van der Waals surface area contributed by atoms with Crippen LogP contribution in [0.4, 0.5) is 11.4 Å². The summed E-state index contributed by atoms with van der Waals surface area (Å²) in [4.78, 5) is 10.2. The van der Waals surface area contributed by atoms with Crippen molar-refractivity contribution in [3.63, 3.8) is 0 Å². The molecule has 4 aromatic rings. The number of halogens is 2. The van der Waals surface area contributed by atoms with Gasteiger partial charge in [0.05, 0.1) is 22.1 Å². The van der Waals surface area contributed by atoms with Crippen molar-refractivity contribution in [2.45, 2.75) is 69.2 Å².